The van der Waals surface area contributed by atoms with E-state index in [1.165, 1.54) is 6.07 Å². The van der Waals surface area contributed by atoms with Crippen LogP contribution in [0.1, 0.15) is 17.8 Å². The predicted molar refractivity (Wildman–Crippen MR) is 81.8 cm³/mol. The lowest BCUT2D eigenvalue weighted by Crippen LogP contribution is -2.35. The molecule has 1 aliphatic heterocycles. The number of nitrogens with zero attached hydrogens (tertiary/aromatic N) is 3. The number of amides is 1. The summed E-state index contributed by atoms with van der Waals surface area (Å²) < 4.78 is 15.8. The van der Waals surface area contributed by atoms with E-state index in [0.29, 0.717) is 18.0 Å². The molecule has 1 aromatic heterocycles. The second-order valence-corrected chi connectivity index (χ2v) is 5.94. The second kappa shape index (κ2) is 6.30. The predicted octanol–water partition coefficient (Wildman–Crippen LogP) is 2.29. The lowest BCUT2D eigenvalue weighted by atomic mass is 9.97. The lowest BCUT2D eigenvalue weighted by molar-refractivity contribution is -0.129. The maximum Gasteiger partial charge on any atom is 0.226 e. The zero-order valence-electron chi connectivity index (χ0n) is 12.7. The molecule has 4 nitrogen and oxygen atoms in total. The van der Waals surface area contributed by atoms with E-state index in [4.69, 9.17) is 0 Å². The van der Waals surface area contributed by atoms with Gasteiger partial charge >= 0.3 is 0 Å². The van der Waals surface area contributed by atoms with Gasteiger partial charge in [0, 0.05) is 39.0 Å². The Morgan fingerprint density at radius 2 is 2.27 bits per heavy atom. The van der Waals surface area contributed by atoms with Gasteiger partial charge in [0.25, 0.3) is 0 Å². The van der Waals surface area contributed by atoms with Crippen LogP contribution in [0.5, 0.6) is 0 Å². The molecular formula is C17H20FN3O. The van der Waals surface area contributed by atoms with Crippen molar-refractivity contribution < 1.29 is 9.18 Å². The molecule has 0 aliphatic carbocycles. The maximum absolute atomic E-state index is 13.6. The van der Waals surface area contributed by atoms with Gasteiger partial charge in [0.2, 0.25) is 5.91 Å². The molecule has 0 saturated heterocycles. The summed E-state index contributed by atoms with van der Waals surface area (Å²) in [7, 11) is 1.80. The molecule has 0 N–H and O–H groups in total. The van der Waals surface area contributed by atoms with Crippen LogP contribution >= 0.6 is 0 Å². The number of likely N-dealkylation sites (N-methyl/N-ethyl adjacent to an activating group) is 1. The highest BCUT2D eigenvalue weighted by Crippen LogP contribution is 2.20. The van der Waals surface area contributed by atoms with Crippen molar-refractivity contribution in [3.63, 3.8) is 0 Å². The van der Waals surface area contributed by atoms with E-state index in [1.807, 2.05) is 12.4 Å². The Kier molecular flexibility index (Phi) is 4.22. The fourth-order valence-electron chi connectivity index (χ4n) is 3.00. The number of aryl methyl sites for hydroxylation is 1. The monoisotopic (exact) mass is 301 g/mol. The number of halogens is 1. The molecule has 22 heavy (non-hydrogen) atoms. The van der Waals surface area contributed by atoms with Crippen LogP contribution in [0.3, 0.4) is 0 Å². The molecule has 0 unspecified atom stereocenters. The van der Waals surface area contributed by atoms with Crippen LogP contribution in [0.4, 0.5) is 4.39 Å². The van der Waals surface area contributed by atoms with Gasteiger partial charge in [0.1, 0.15) is 11.6 Å². The SMILES string of the molecule is CN(C[C@@H]1CCn2ccnc2C1)C(=O)Cc1ccccc1F. The molecule has 1 atom stereocenters. The van der Waals surface area contributed by atoms with Crippen LogP contribution < -0.4 is 0 Å². The second-order valence-electron chi connectivity index (χ2n) is 5.94. The van der Waals surface area contributed by atoms with Gasteiger partial charge in [-0.3, -0.25) is 4.79 Å². The van der Waals surface area contributed by atoms with Crippen LogP contribution in [0, 0.1) is 11.7 Å². The van der Waals surface area contributed by atoms with Crippen LogP contribution in [0.25, 0.3) is 0 Å². The smallest absolute Gasteiger partial charge is 0.226 e. The fourth-order valence-corrected chi connectivity index (χ4v) is 3.00. The number of carbonyl (C=O) groups excluding carboxylic acids is 1. The molecule has 1 aromatic carbocycles. The molecule has 2 heterocycles. The highest BCUT2D eigenvalue weighted by Gasteiger charge is 2.22. The number of hydrogen-bond donors (Lipinski definition) is 0. The molecule has 3 rings (SSSR count). The van der Waals surface area contributed by atoms with Crippen molar-refractivity contribution in [2.24, 2.45) is 5.92 Å². The number of carbonyl (C=O) groups is 1. The van der Waals surface area contributed by atoms with Crippen LogP contribution in [-0.2, 0) is 24.2 Å². The first-order chi connectivity index (χ1) is 10.6. The molecule has 5 heteroatoms. The highest BCUT2D eigenvalue weighted by atomic mass is 19.1. The Hall–Kier alpha value is -2.17. The van der Waals surface area contributed by atoms with Gasteiger partial charge in [0.05, 0.1) is 6.42 Å². The Bertz CT molecular complexity index is 667. The van der Waals surface area contributed by atoms with E-state index in [2.05, 4.69) is 9.55 Å². The van der Waals surface area contributed by atoms with E-state index in [9.17, 15) is 9.18 Å². The molecule has 0 fully saturated rings. The summed E-state index contributed by atoms with van der Waals surface area (Å²) in [4.78, 5) is 18.3. The third-order valence-electron chi connectivity index (χ3n) is 4.31. The van der Waals surface area contributed by atoms with Crippen molar-refractivity contribution >= 4 is 5.91 Å². The van der Waals surface area contributed by atoms with Gasteiger partial charge in [-0.2, -0.15) is 0 Å². The van der Waals surface area contributed by atoms with Gasteiger partial charge in [-0.1, -0.05) is 18.2 Å². The molecule has 0 spiro atoms. The van der Waals surface area contributed by atoms with Crippen molar-refractivity contribution in [2.45, 2.75) is 25.8 Å². The van der Waals surface area contributed by atoms with Gasteiger partial charge in [-0.05, 0) is 24.0 Å². The van der Waals surface area contributed by atoms with Gasteiger partial charge in [-0.25, -0.2) is 9.37 Å². The minimum absolute atomic E-state index is 0.0426. The fraction of sp³-hybridized carbons (Fsp3) is 0.412. The molecule has 0 radical (unpaired) electrons. The van der Waals surface area contributed by atoms with Gasteiger partial charge < -0.3 is 9.47 Å². The summed E-state index contributed by atoms with van der Waals surface area (Å²) in [6, 6.07) is 6.45. The molecule has 0 bridgehead atoms. The minimum atomic E-state index is -0.316. The Morgan fingerprint density at radius 3 is 3.09 bits per heavy atom. The molecule has 1 aliphatic rings. The molecule has 0 saturated carbocycles. The van der Waals surface area contributed by atoms with Gasteiger partial charge in [0.15, 0.2) is 0 Å². The zero-order chi connectivity index (χ0) is 15.5. The number of hydrogen-bond acceptors (Lipinski definition) is 2. The molecular weight excluding hydrogens is 281 g/mol. The summed E-state index contributed by atoms with van der Waals surface area (Å²) in [6.07, 6.45) is 5.87. The van der Waals surface area contributed by atoms with E-state index in [-0.39, 0.29) is 18.1 Å². The Labute approximate surface area is 129 Å². The third-order valence-corrected chi connectivity index (χ3v) is 4.31. The normalized spacial score (nSPS) is 17.1. The Morgan fingerprint density at radius 1 is 1.45 bits per heavy atom. The highest BCUT2D eigenvalue weighted by molar-refractivity contribution is 5.78. The van der Waals surface area contributed by atoms with Crippen molar-refractivity contribution in [3.05, 3.63) is 53.9 Å². The number of imidazole rings is 1. The van der Waals surface area contributed by atoms with Crippen LogP contribution in [0.2, 0.25) is 0 Å². The van der Waals surface area contributed by atoms with Crippen LogP contribution in [-0.4, -0.2) is 34.0 Å². The first kappa shape index (κ1) is 14.8. The van der Waals surface area contributed by atoms with Crippen molar-refractivity contribution in [1.29, 1.82) is 0 Å². The number of rotatable bonds is 4. The Balaban J connectivity index is 1.57. The van der Waals surface area contributed by atoms with E-state index in [0.717, 1.165) is 25.2 Å². The minimum Gasteiger partial charge on any atom is -0.345 e. The van der Waals surface area contributed by atoms with E-state index < -0.39 is 0 Å². The molecule has 1 amide bonds. The topological polar surface area (TPSA) is 38.1 Å². The number of aromatic nitrogens is 2. The van der Waals surface area contributed by atoms with E-state index >= 15 is 0 Å². The largest absolute Gasteiger partial charge is 0.345 e. The molecule has 116 valence electrons. The van der Waals surface area contributed by atoms with Crippen molar-refractivity contribution in [2.75, 3.05) is 13.6 Å². The summed E-state index contributed by atoms with van der Waals surface area (Å²) >= 11 is 0. The summed E-state index contributed by atoms with van der Waals surface area (Å²) in [5, 5.41) is 0. The summed E-state index contributed by atoms with van der Waals surface area (Å²) in [5.41, 5.74) is 0.457. The average molecular weight is 301 g/mol. The first-order valence-corrected chi connectivity index (χ1v) is 7.61. The lowest BCUT2D eigenvalue weighted by Gasteiger charge is -2.28. The summed E-state index contributed by atoms with van der Waals surface area (Å²) in [5.74, 6) is 1.15. The summed E-state index contributed by atoms with van der Waals surface area (Å²) in [6.45, 7) is 1.65. The standard InChI is InChI=1S/C17H20FN3O/c1-20(17(22)11-14-4-2-3-5-15(14)18)12-13-6-8-21-9-7-19-16(21)10-13/h2-5,7,9,13H,6,8,10-12H2,1H3/t13-/m1/s1. The average Bonchev–Trinajstić information content (AvgIpc) is 2.97. The first-order valence-electron chi connectivity index (χ1n) is 7.61. The van der Waals surface area contributed by atoms with Crippen molar-refractivity contribution in [1.82, 2.24) is 14.5 Å². The number of benzene rings is 1. The van der Waals surface area contributed by atoms with Gasteiger partial charge in [-0.15, -0.1) is 0 Å². The third kappa shape index (κ3) is 3.18. The molecule has 2 aromatic rings. The number of fused-ring (bicyclic) bond motifs is 1. The zero-order valence-corrected chi connectivity index (χ0v) is 12.7. The van der Waals surface area contributed by atoms with E-state index in [1.54, 1.807) is 30.1 Å². The van der Waals surface area contributed by atoms with Crippen LogP contribution in [0.15, 0.2) is 36.7 Å². The maximum atomic E-state index is 13.6. The van der Waals surface area contributed by atoms with Crippen molar-refractivity contribution in [3.8, 4) is 0 Å². The quantitative estimate of drug-likeness (QED) is 0.869.